The van der Waals surface area contributed by atoms with E-state index in [0.29, 0.717) is 28.4 Å². The standard InChI is InChI=1S/C14H16Cl2N4O/c1-10-17-18-14(21-10)9-19-4-6-20(7-5-19)11-2-3-12(15)13(16)8-11/h2-3,8H,4-7,9H2,1H3. The van der Waals surface area contributed by atoms with Crippen LogP contribution >= 0.6 is 23.2 Å². The van der Waals surface area contributed by atoms with Gasteiger partial charge in [-0.1, -0.05) is 23.2 Å². The van der Waals surface area contributed by atoms with Gasteiger partial charge in [-0.15, -0.1) is 10.2 Å². The Bertz CT molecular complexity index is 623. The van der Waals surface area contributed by atoms with Gasteiger partial charge in [0.2, 0.25) is 11.8 Å². The van der Waals surface area contributed by atoms with Gasteiger partial charge in [0.05, 0.1) is 16.6 Å². The van der Waals surface area contributed by atoms with Crippen molar-refractivity contribution in [2.75, 3.05) is 31.1 Å². The van der Waals surface area contributed by atoms with Gasteiger partial charge in [-0.25, -0.2) is 0 Å². The number of hydrogen-bond donors (Lipinski definition) is 0. The van der Waals surface area contributed by atoms with E-state index in [1.165, 1.54) is 0 Å². The first-order chi connectivity index (χ1) is 10.1. The minimum Gasteiger partial charge on any atom is -0.424 e. The number of hydrogen-bond acceptors (Lipinski definition) is 5. The first-order valence-electron chi connectivity index (χ1n) is 6.83. The van der Waals surface area contributed by atoms with Crippen molar-refractivity contribution in [1.82, 2.24) is 15.1 Å². The van der Waals surface area contributed by atoms with Gasteiger partial charge in [0, 0.05) is 38.8 Å². The summed E-state index contributed by atoms with van der Waals surface area (Å²) in [5.41, 5.74) is 1.11. The summed E-state index contributed by atoms with van der Waals surface area (Å²) < 4.78 is 5.42. The second kappa shape index (κ2) is 6.22. The fraction of sp³-hybridized carbons (Fsp3) is 0.429. The second-order valence-corrected chi connectivity index (χ2v) is 5.89. The lowest BCUT2D eigenvalue weighted by Gasteiger charge is -2.35. The van der Waals surface area contributed by atoms with E-state index < -0.39 is 0 Å². The molecule has 0 spiro atoms. The molecule has 0 aliphatic carbocycles. The van der Waals surface area contributed by atoms with Gasteiger partial charge in [0.25, 0.3) is 0 Å². The van der Waals surface area contributed by atoms with Crippen molar-refractivity contribution in [3.8, 4) is 0 Å². The SMILES string of the molecule is Cc1nnc(CN2CCN(c3ccc(Cl)c(Cl)c3)CC2)o1. The van der Waals surface area contributed by atoms with E-state index in [4.69, 9.17) is 27.6 Å². The van der Waals surface area contributed by atoms with Crippen LogP contribution in [-0.4, -0.2) is 41.3 Å². The van der Waals surface area contributed by atoms with E-state index in [-0.39, 0.29) is 0 Å². The molecule has 1 saturated heterocycles. The molecule has 0 atom stereocenters. The highest BCUT2D eigenvalue weighted by Crippen LogP contribution is 2.27. The van der Waals surface area contributed by atoms with Crippen LogP contribution in [-0.2, 0) is 6.54 Å². The maximum absolute atomic E-state index is 6.07. The van der Waals surface area contributed by atoms with E-state index in [9.17, 15) is 0 Å². The van der Waals surface area contributed by atoms with Crippen LogP contribution < -0.4 is 4.90 Å². The molecule has 1 aliphatic rings. The number of rotatable bonds is 3. The van der Waals surface area contributed by atoms with E-state index in [1.807, 2.05) is 18.2 Å². The zero-order chi connectivity index (χ0) is 14.8. The van der Waals surface area contributed by atoms with Crippen LogP contribution in [0.3, 0.4) is 0 Å². The second-order valence-electron chi connectivity index (χ2n) is 5.08. The van der Waals surface area contributed by atoms with Crippen molar-refractivity contribution in [3.63, 3.8) is 0 Å². The van der Waals surface area contributed by atoms with Gasteiger partial charge < -0.3 is 9.32 Å². The third-order valence-corrected chi connectivity index (χ3v) is 4.31. The number of benzene rings is 1. The van der Waals surface area contributed by atoms with Crippen LogP contribution in [0.1, 0.15) is 11.8 Å². The van der Waals surface area contributed by atoms with Gasteiger partial charge in [0.1, 0.15) is 0 Å². The van der Waals surface area contributed by atoms with Crippen molar-refractivity contribution < 1.29 is 4.42 Å². The largest absolute Gasteiger partial charge is 0.424 e. The zero-order valence-corrected chi connectivity index (χ0v) is 13.2. The van der Waals surface area contributed by atoms with Crippen LogP contribution in [0.4, 0.5) is 5.69 Å². The van der Waals surface area contributed by atoms with E-state index in [1.54, 1.807) is 6.92 Å². The summed E-state index contributed by atoms with van der Waals surface area (Å²) in [6.45, 7) is 6.27. The molecule has 0 bridgehead atoms. The maximum Gasteiger partial charge on any atom is 0.230 e. The molecule has 112 valence electrons. The van der Waals surface area contributed by atoms with Crippen LogP contribution in [0.25, 0.3) is 0 Å². The molecule has 2 aromatic rings. The third kappa shape index (κ3) is 3.48. The molecule has 0 radical (unpaired) electrons. The molecule has 0 saturated carbocycles. The Labute approximate surface area is 133 Å². The topological polar surface area (TPSA) is 45.4 Å². The summed E-state index contributed by atoms with van der Waals surface area (Å²) in [4.78, 5) is 4.61. The summed E-state index contributed by atoms with van der Waals surface area (Å²) >= 11 is 12.0. The molecule has 21 heavy (non-hydrogen) atoms. The summed E-state index contributed by atoms with van der Waals surface area (Å²) in [6.07, 6.45) is 0. The Morgan fingerprint density at radius 1 is 1.10 bits per heavy atom. The Morgan fingerprint density at radius 2 is 1.86 bits per heavy atom. The van der Waals surface area contributed by atoms with Crippen molar-refractivity contribution >= 4 is 28.9 Å². The molecule has 3 rings (SSSR count). The Kier molecular flexibility index (Phi) is 4.33. The smallest absolute Gasteiger partial charge is 0.230 e. The van der Waals surface area contributed by atoms with Crippen LogP contribution in [0.2, 0.25) is 10.0 Å². The monoisotopic (exact) mass is 326 g/mol. The van der Waals surface area contributed by atoms with Crippen LogP contribution in [0.15, 0.2) is 22.6 Å². The normalized spacial score (nSPS) is 16.4. The summed E-state index contributed by atoms with van der Waals surface area (Å²) in [7, 11) is 0. The summed E-state index contributed by atoms with van der Waals surface area (Å²) in [5, 5.41) is 9.07. The molecular weight excluding hydrogens is 311 g/mol. The van der Waals surface area contributed by atoms with Gasteiger partial charge >= 0.3 is 0 Å². The summed E-state index contributed by atoms with van der Waals surface area (Å²) in [6, 6.07) is 5.76. The van der Waals surface area contributed by atoms with E-state index >= 15 is 0 Å². The van der Waals surface area contributed by atoms with Crippen LogP contribution in [0.5, 0.6) is 0 Å². The van der Waals surface area contributed by atoms with Crippen molar-refractivity contribution in [2.24, 2.45) is 0 Å². The molecule has 0 amide bonds. The summed E-state index contributed by atoms with van der Waals surface area (Å²) in [5.74, 6) is 1.29. The number of anilines is 1. The number of aromatic nitrogens is 2. The van der Waals surface area contributed by atoms with Crippen molar-refractivity contribution in [2.45, 2.75) is 13.5 Å². The average Bonchev–Trinajstić information content (AvgIpc) is 2.88. The fourth-order valence-corrected chi connectivity index (χ4v) is 2.73. The molecule has 5 nitrogen and oxygen atoms in total. The van der Waals surface area contributed by atoms with Gasteiger partial charge in [-0.05, 0) is 18.2 Å². The molecule has 1 aromatic heterocycles. The van der Waals surface area contributed by atoms with E-state index in [2.05, 4.69) is 20.0 Å². The number of piperazine rings is 1. The van der Waals surface area contributed by atoms with Gasteiger partial charge in [-0.2, -0.15) is 0 Å². The Balaban J connectivity index is 1.58. The first-order valence-corrected chi connectivity index (χ1v) is 7.59. The highest BCUT2D eigenvalue weighted by atomic mass is 35.5. The minimum atomic E-state index is 0.589. The molecule has 0 N–H and O–H groups in total. The molecule has 1 aromatic carbocycles. The quantitative estimate of drug-likeness (QED) is 0.867. The predicted octanol–water partition coefficient (Wildman–Crippen LogP) is 3.01. The van der Waals surface area contributed by atoms with Crippen molar-refractivity contribution in [1.29, 1.82) is 0 Å². The van der Waals surface area contributed by atoms with Crippen molar-refractivity contribution in [3.05, 3.63) is 40.0 Å². The van der Waals surface area contributed by atoms with Gasteiger partial charge in [0.15, 0.2) is 0 Å². The molecular formula is C14H16Cl2N4O. The van der Waals surface area contributed by atoms with E-state index in [0.717, 1.165) is 31.9 Å². The lowest BCUT2D eigenvalue weighted by Crippen LogP contribution is -2.46. The molecule has 7 heteroatoms. The minimum absolute atomic E-state index is 0.589. The molecule has 1 fully saturated rings. The highest BCUT2D eigenvalue weighted by molar-refractivity contribution is 6.42. The first kappa shape index (κ1) is 14.6. The third-order valence-electron chi connectivity index (χ3n) is 3.57. The Morgan fingerprint density at radius 3 is 2.48 bits per heavy atom. The lowest BCUT2D eigenvalue weighted by atomic mass is 10.2. The highest BCUT2D eigenvalue weighted by Gasteiger charge is 2.19. The molecule has 0 unspecified atom stereocenters. The number of halogens is 2. The fourth-order valence-electron chi connectivity index (χ4n) is 2.44. The number of aryl methyl sites for hydroxylation is 1. The lowest BCUT2D eigenvalue weighted by molar-refractivity contribution is 0.225. The Hall–Kier alpha value is -1.30. The zero-order valence-electron chi connectivity index (χ0n) is 11.7. The number of nitrogens with zero attached hydrogens (tertiary/aromatic N) is 4. The average molecular weight is 327 g/mol. The van der Waals surface area contributed by atoms with Gasteiger partial charge in [-0.3, -0.25) is 4.90 Å². The van der Waals surface area contributed by atoms with Crippen LogP contribution in [0, 0.1) is 6.92 Å². The molecule has 2 heterocycles. The molecule has 1 aliphatic heterocycles. The maximum atomic E-state index is 6.07. The predicted molar refractivity (Wildman–Crippen MR) is 83.0 cm³/mol.